The Morgan fingerprint density at radius 2 is 1.53 bits per heavy atom. The molecule has 0 bridgehead atoms. The molecule has 0 N–H and O–H groups in total. The summed E-state index contributed by atoms with van der Waals surface area (Å²) in [5.41, 5.74) is 5.30. The minimum Gasteiger partial charge on any atom is -0.146 e. The van der Waals surface area contributed by atoms with Gasteiger partial charge in [-0.05, 0) is 36.1 Å². The van der Waals surface area contributed by atoms with E-state index in [-0.39, 0.29) is 5.41 Å². The minimum atomic E-state index is 0.00559. The average molecular weight is 236 g/mol. The third-order valence-corrected chi connectivity index (χ3v) is 4.71. The van der Waals surface area contributed by atoms with Crippen LogP contribution in [0.4, 0.5) is 0 Å². The predicted octanol–water partition coefficient (Wildman–Crippen LogP) is 4.12. The molecule has 0 nitrogen and oxygen atoms in total. The highest BCUT2D eigenvalue weighted by atomic mass is 32.1. The van der Waals surface area contributed by atoms with Gasteiger partial charge in [0.05, 0.1) is 0 Å². The van der Waals surface area contributed by atoms with E-state index in [1.54, 1.807) is 0 Å². The molecule has 0 aliphatic heterocycles. The van der Waals surface area contributed by atoms with Gasteiger partial charge in [0.2, 0.25) is 0 Å². The Morgan fingerprint density at radius 1 is 1.00 bits per heavy atom. The molecule has 0 unspecified atom stereocenters. The highest BCUT2D eigenvalue weighted by Crippen LogP contribution is 2.51. The van der Waals surface area contributed by atoms with Gasteiger partial charge in [-0.3, -0.25) is 0 Å². The summed E-state index contributed by atoms with van der Waals surface area (Å²) in [4.78, 5) is 2.12. The summed E-state index contributed by atoms with van der Waals surface area (Å²) in [5.74, 6) is 0. The summed E-state index contributed by atoms with van der Waals surface area (Å²) in [7, 11) is 0. The van der Waals surface area contributed by atoms with E-state index in [1.165, 1.54) is 22.3 Å². The van der Waals surface area contributed by atoms with Gasteiger partial charge in [0.25, 0.3) is 0 Å². The zero-order valence-corrected chi connectivity index (χ0v) is 11.3. The second-order valence-electron chi connectivity index (χ2n) is 4.77. The minimum absolute atomic E-state index is 0.00559. The molecule has 1 aromatic rings. The van der Waals surface area contributed by atoms with Crippen LogP contribution in [0.1, 0.15) is 36.1 Å². The largest absolute Gasteiger partial charge is 0.146 e. The Labute approximate surface area is 103 Å². The van der Waals surface area contributed by atoms with Crippen molar-refractivity contribution in [3.05, 3.63) is 39.3 Å². The fraction of sp³-hybridized carbons (Fsp3) is 0.385. The van der Waals surface area contributed by atoms with Gasteiger partial charge in [0, 0.05) is 15.2 Å². The molecule has 0 aromatic heterocycles. The summed E-state index contributed by atoms with van der Waals surface area (Å²) in [6.45, 7) is 8.72. The number of aryl methyl sites for hydroxylation is 2. The lowest BCUT2D eigenvalue weighted by Gasteiger charge is -2.23. The molecule has 1 aliphatic carbocycles. The van der Waals surface area contributed by atoms with Gasteiger partial charge >= 0.3 is 0 Å². The first-order chi connectivity index (χ1) is 6.87. The summed E-state index contributed by atoms with van der Waals surface area (Å²) in [6.07, 6.45) is 0. The van der Waals surface area contributed by atoms with Crippen LogP contribution in [0.5, 0.6) is 0 Å². The maximum atomic E-state index is 4.61. The van der Waals surface area contributed by atoms with Gasteiger partial charge in [-0.25, -0.2) is 0 Å². The second kappa shape index (κ2) is 3.33. The molecule has 0 fully saturated rings. The first kappa shape index (κ1) is 11.2. The molecule has 15 heavy (non-hydrogen) atoms. The smallest absolute Gasteiger partial charge is 0.0224 e. The zero-order chi connectivity index (χ0) is 11.4. The molecule has 0 saturated carbocycles. The fourth-order valence-electron chi connectivity index (χ4n) is 2.45. The molecule has 0 amide bonds. The number of hydrogen-bond acceptors (Lipinski definition) is 2. The van der Waals surface area contributed by atoms with Crippen LogP contribution in [-0.2, 0) is 5.41 Å². The van der Waals surface area contributed by atoms with Crippen molar-refractivity contribution in [2.45, 2.75) is 33.1 Å². The van der Waals surface area contributed by atoms with Crippen molar-refractivity contribution in [1.29, 1.82) is 0 Å². The molecule has 0 atom stereocenters. The van der Waals surface area contributed by atoms with Crippen molar-refractivity contribution >= 4 is 30.2 Å². The van der Waals surface area contributed by atoms with Crippen LogP contribution in [0, 0.1) is 13.8 Å². The van der Waals surface area contributed by atoms with E-state index in [4.69, 9.17) is 0 Å². The van der Waals surface area contributed by atoms with Crippen molar-refractivity contribution in [2.24, 2.45) is 0 Å². The number of fused-ring (bicyclic) bond motifs is 1. The SMILES string of the molecule is Cc1ccc(C)c2c1C(S)=C(S)C2(C)C. The summed E-state index contributed by atoms with van der Waals surface area (Å²) in [5, 5.41) is 0. The first-order valence-electron chi connectivity index (χ1n) is 5.11. The molecule has 2 rings (SSSR count). The van der Waals surface area contributed by atoms with Gasteiger partial charge in [-0.2, -0.15) is 0 Å². The summed E-state index contributed by atoms with van der Waals surface area (Å²) >= 11 is 9.21. The highest BCUT2D eigenvalue weighted by molar-refractivity contribution is 7.93. The van der Waals surface area contributed by atoms with E-state index in [0.29, 0.717) is 0 Å². The van der Waals surface area contributed by atoms with Crippen LogP contribution in [-0.4, -0.2) is 0 Å². The lowest BCUT2D eigenvalue weighted by Crippen LogP contribution is -2.16. The molecular formula is C13H16S2. The number of thiol groups is 2. The van der Waals surface area contributed by atoms with Gasteiger partial charge in [0.1, 0.15) is 0 Å². The van der Waals surface area contributed by atoms with Crippen LogP contribution in [0.15, 0.2) is 17.0 Å². The molecular weight excluding hydrogens is 220 g/mol. The fourth-order valence-corrected chi connectivity index (χ4v) is 3.25. The number of rotatable bonds is 0. The Kier molecular flexibility index (Phi) is 2.47. The van der Waals surface area contributed by atoms with Gasteiger partial charge < -0.3 is 0 Å². The standard InChI is InChI=1S/C13H16S2/c1-7-5-6-8(2)10-9(7)11(14)12(15)13(10,3)4/h5-6,14-15H,1-4H3. The van der Waals surface area contributed by atoms with Crippen LogP contribution in [0.25, 0.3) is 4.91 Å². The van der Waals surface area contributed by atoms with E-state index in [1.807, 2.05) is 0 Å². The van der Waals surface area contributed by atoms with E-state index in [0.717, 1.165) is 9.81 Å². The molecule has 0 spiro atoms. The average Bonchev–Trinajstić information content (AvgIpc) is 2.34. The molecule has 0 radical (unpaired) electrons. The van der Waals surface area contributed by atoms with Crippen molar-refractivity contribution in [3.63, 3.8) is 0 Å². The van der Waals surface area contributed by atoms with Crippen LogP contribution in [0.3, 0.4) is 0 Å². The molecule has 1 aromatic carbocycles. The van der Waals surface area contributed by atoms with Crippen LogP contribution in [0.2, 0.25) is 0 Å². The Balaban J connectivity index is 2.86. The van der Waals surface area contributed by atoms with Crippen LogP contribution >= 0.6 is 25.3 Å². The third-order valence-electron chi connectivity index (χ3n) is 3.30. The third kappa shape index (κ3) is 1.38. The second-order valence-corrected chi connectivity index (χ2v) is 5.67. The van der Waals surface area contributed by atoms with Gasteiger partial charge in [-0.1, -0.05) is 26.0 Å². The lowest BCUT2D eigenvalue weighted by molar-refractivity contribution is 0.667. The Morgan fingerprint density at radius 3 is 2.07 bits per heavy atom. The topological polar surface area (TPSA) is 0 Å². The molecule has 1 aliphatic rings. The van der Waals surface area contributed by atoms with E-state index >= 15 is 0 Å². The number of allylic oxidation sites excluding steroid dienone is 1. The molecule has 0 saturated heterocycles. The van der Waals surface area contributed by atoms with Gasteiger partial charge in [-0.15, -0.1) is 25.3 Å². The first-order valence-corrected chi connectivity index (χ1v) is 6.00. The number of hydrogen-bond donors (Lipinski definition) is 2. The number of benzene rings is 1. The van der Waals surface area contributed by atoms with E-state index < -0.39 is 0 Å². The highest BCUT2D eigenvalue weighted by Gasteiger charge is 2.36. The van der Waals surface area contributed by atoms with Crippen molar-refractivity contribution in [1.82, 2.24) is 0 Å². The van der Waals surface area contributed by atoms with Gasteiger partial charge in [0.15, 0.2) is 0 Å². The quantitative estimate of drug-likeness (QED) is 0.622. The monoisotopic (exact) mass is 236 g/mol. The lowest BCUT2D eigenvalue weighted by atomic mass is 9.83. The van der Waals surface area contributed by atoms with Crippen molar-refractivity contribution in [3.8, 4) is 0 Å². The Bertz CT molecular complexity index is 468. The van der Waals surface area contributed by atoms with Crippen LogP contribution < -0.4 is 0 Å². The maximum absolute atomic E-state index is 4.61. The molecule has 0 heterocycles. The predicted molar refractivity (Wildman–Crippen MR) is 73.8 cm³/mol. The summed E-state index contributed by atoms with van der Waals surface area (Å²) in [6, 6.07) is 4.34. The van der Waals surface area contributed by atoms with E-state index in [9.17, 15) is 0 Å². The van der Waals surface area contributed by atoms with Crippen molar-refractivity contribution in [2.75, 3.05) is 0 Å². The normalized spacial score (nSPS) is 18.3. The summed E-state index contributed by atoms with van der Waals surface area (Å²) < 4.78 is 0. The maximum Gasteiger partial charge on any atom is 0.0224 e. The Hall–Kier alpha value is -0.340. The zero-order valence-electron chi connectivity index (χ0n) is 9.55. The molecule has 2 heteroatoms. The molecule has 80 valence electrons. The van der Waals surface area contributed by atoms with E-state index in [2.05, 4.69) is 65.1 Å². The van der Waals surface area contributed by atoms with Crippen molar-refractivity contribution < 1.29 is 0 Å².